The summed E-state index contributed by atoms with van der Waals surface area (Å²) in [6, 6.07) is 5.36. The second-order valence-corrected chi connectivity index (χ2v) is 3.49. The number of carboxylic acid groups (broad SMARTS) is 1. The Balaban J connectivity index is 3.03. The van der Waals surface area contributed by atoms with Gasteiger partial charge in [0.15, 0.2) is 0 Å². The van der Waals surface area contributed by atoms with Crippen molar-refractivity contribution in [3.05, 3.63) is 34.9 Å². The van der Waals surface area contributed by atoms with E-state index in [-0.39, 0.29) is 6.42 Å². The largest absolute Gasteiger partial charge is 0.481 e. The lowest BCUT2D eigenvalue weighted by Crippen LogP contribution is -2.09. The number of ether oxygens (including phenoxy) is 1. The zero-order valence-electron chi connectivity index (χ0n) is 9.32. The number of hydrogen-bond donors (Lipinski definition) is 1. The predicted octanol–water partition coefficient (Wildman–Crippen LogP) is 1.80. The number of esters is 1. The highest BCUT2D eigenvalue weighted by molar-refractivity contribution is 5.92. The lowest BCUT2D eigenvalue weighted by molar-refractivity contribution is -0.136. The van der Waals surface area contributed by atoms with Gasteiger partial charge in [0.25, 0.3) is 0 Å². The van der Waals surface area contributed by atoms with Gasteiger partial charge < -0.3 is 9.84 Å². The Morgan fingerprint density at radius 3 is 2.62 bits per heavy atom. The van der Waals surface area contributed by atoms with Crippen molar-refractivity contribution in [3.63, 3.8) is 0 Å². The van der Waals surface area contributed by atoms with Crippen LogP contribution < -0.4 is 0 Å². The van der Waals surface area contributed by atoms with Gasteiger partial charge in [-0.1, -0.05) is 18.2 Å². The molecule has 0 fully saturated rings. The average Bonchev–Trinajstić information content (AvgIpc) is 2.25. The van der Waals surface area contributed by atoms with Gasteiger partial charge >= 0.3 is 11.9 Å². The highest BCUT2D eigenvalue weighted by Crippen LogP contribution is 2.17. The number of aliphatic carboxylic acids is 1. The molecule has 0 saturated heterocycles. The Kier molecular flexibility index (Phi) is 4.05. The monoisotopic (exact) mass is 222 g/mol. The van der Waals surface area contributed by atoms with Crippen LogP contribution in [0, 0.1) is 6.92 Å². The van der Waals surface area contributed by atoms with E-state index in [1.807, 2.05) is 0 Å². The lowest BCUT2D eigenvalue weighted by atomic mass is 9.98. The fraction of sp³-hybridized carbons (Fsp3) is 0.333. The maximum absolute atomic E-state index is 11.5. The molecule has 4 nitrogen and oxygen atoms in total. The first kappa shape index (κ1) is 12.2. The average molecular weight is 222 g/mol. The van der Waals surface area contributed by atoms with Crippen LogP contribution in [0.3, 0.4) is 0 Å². The van der Waals surface area contributed by atoms with Gasteiger partial charge in [-0.15, -0.1) is 0 Å². The molecule has 86 valence electrons. The Labute approximate surface area is 93.9 Å². The van der Waals surface area contributed by atoms with E-state index < -0.39 is 11.9 Å². The summed E-state index contributed by atoms with van der Waals surface area (Å²) >= 11 is 0. The third-order valence-corrected chi connectivity index (χ3v) is 2.36. The minimum atomic E-state index is -0.877. The fourth-order valence-corrected chi connectivity index (χ4v) is 1.57. The molecule has 1 aromatic rings. The van der Waals surface area contributed by atoms with Crippen LogP contribution in [0.25, 0.3) is 0 Å². The van der Waals surface area contributed by atoms with E-state index in [2.05, 4.69) is 4.74 Å². The summed E-state index contributed by atoms with van der Waals surface area (Å²) in [5.74, 6) is -1.30. The van der Waals surface area contributed by atoms with Gasteiger partial charge in [-0.2, -0.15) is 0 Å². The van der Waals surface area contributed by atoms with E-state index >= 15 is 0 Å². The Bertz CT molecular complexity index is 409. The molecule has 0 bridgehead atoms. The number of methoxy groups -OCH3 is 1. The number of aryl methyl sites for hydroxylation is 2. The van der Waals surface area contributed by atoms with Crippen LogP contribution in [0.2, 0.25) is 0 Å². The van der Waals surface area contributed by atoms with Crippen LogP contribution in [0.5, 0.6) is 0 Å². The molecule has 0 aliphatic carbocycles. The van der Waals surface area contributed by atoms with Crippen LogP contribution >= 0.6 is 0 Å². The predicted molar refractivity (Wildman–Crippen MR) is 58.5 cm³/mol. The van der Waals surface area contributed by atoms with Gasteiger partial charge in [0, 0.05) is 6.42 Å². The van der Waals surface area contributed by atoms with Gasteiger partial charge in [0.2, 0.25) is 0 Å². The second-order valence-electron chi connectivity index (χ2n) is 3.49. The van der Waals surface area contributed by atoms with Gasteiger partial charge in [-0.3, -0.25) is 4.79 Å². The second kappa shape index (κ2) is 5.30. The molecule has 4 heteroatoms. The van der Waals surface area contributed by atoms with Crippen LogP contribution in [-0.2, 0) is 16.0 Å². The van der Waals surface area contributed by atoms with Crippen molar-refractivity contribution >= 4 is 11.9 Å². The highest BCUT2D eigenvalue weighted by atomic mass is 16.5. The molecule has 0 amide bonds. The first-order valence-electron chi connectivity index (χ1n) is 4.95. The number of benzene rings is 1. The smallest absolute Gasteiger partial charge is 0.338 e. The third kappa shape index (κ3) is 2.82. The number of hydrogen-bond acceptors (Lipinski definition) is 3. The first-order valence-corrected chi connectivity index (χ1v) is 4.95. The van der Waals surface area contributed by atoms with Crippen molar-refractivity contribution in [3.8, 4) is 0 Å². The molecule has 0 aliphatic rings. The summed E-state index contributed by atoms with van der Waals surface area (Å²) in [7, 11) is 1.32. The van der Waals surface area contributed by atoms with E-state index in [4.69, 9.17) is 5.11 Å². The molecule has 0 atom stereocenters. The maximum atomic E-state index is 11.5. The zero-order chi connectivity index (χ0) is 12.1. The normalized spacial score (nSPS) is 9.88. The molecule has 1 aromatic carbocycles. The minimum Gasteiger partial charge on any atom is -0.481 e. The zero-order valence-corrected chi connectivity index (χ0v) is 9.32. The van der Waals surface area contributed by atoms with Crippen LogP contribution in [-0.4, -0.2) is 24.2 Å². The Hall–Kier alpha value is -1.84. The van der Waals surface area contributed by atoms with Gasteiger partial charge in [0.05, 0.1) is 12.7 Å². The van der Waals surface area contributed by atoms with Crippen LogP contribution in [0.15, 0.2) is 18.2 Å². The molecule has 0 aliphatic heterocycles. The van der Waals surface area contributed by atoms with Crippen molar-refractivity contribution in [1.29, 1.82) is 0 Å². The fourth-order valence-electron chi connectivity index (χ4n) is 1.57. The van der Waals surface area contributed by atoms with Crippen molar-refractivity contribution in [2.75, 3.05) is 7.11 Å². The van der Waals surface area contributed by atoms with E-state index in [0.717, 1.165) is 5.56 Å². The molecule has 1 rings (SSSR count). The topological polar surface area (TPSA) is 63.6 Å². The highest BCUT2D eigenvalue weighted by Gasteiger charge is 2.14. The summed E-state index contributed by atoms with van der Waals surface area (Å²) in [6.07, 6.45) is 0.342. The van der Waals surface area contributed by atoms with Crippen molar-refractivity contribution in [2.45, 2.75) is 19.8 Å². The number of carboxylic acids is 1. The molecular weight excluding hydrogens is 208 g/mol. The third-order valence-electron chi connectivity index (χ3n) is 2.36. The van der Waals surface area contributed by atoms with E-state index in [0.29, 0.717) is 17.5 Å². The number of carbonyl (C=O) groups is 2. The van der Waals surface area contributed by atoms with Gasteiger partial charge in [-0.05, 0) is 24.5 Å². The molecule has 0 spiro atoms. The summed E-state index contributed by atoms with van der Waals surface area (Å²) in [6.45, 7) is 1.80. The quantitative estimate of drug-likeness (QED) is 0.789. The summed E-state index contributed by atoms with van der Waals surface area (Å²) in [5, 5.41) is 8.61. The molecule has 0 saturated carbocycles. The summed E-state index contributed by atoms with van der Waals surface area (Å²) in [4.78, 5) is 22.0. The summed E-state index contributed by atoms with van der Waals surface area (Å²) < 4.78 is 4.68. The molecule has 0 aromatic heterocycles. The molecular formula is C12H14O4. The van der Waals surface area contributed by atoms with Crippen molar-refractivity contribution in [1.82, 2.24) is 0 Å². The van der Waals surface area contributed by atoms with Gasteiger partial charge in [-0.25, -0.2) is 4.79 Å². The molecule has 0 radical (unpaired) electrons. The molecule has 0 unspecified atom stereocenters. The van der Waals surface area contributed by atoms with Gasteiger partial charge in [0.1, 0.15) is 0 Å². The molecule has 0 heterocycles. The van der Waals surface area contributed by atoms with E-state index in [1.165, 1.54) is 7.11 Å². The standard InChI is InChI=1S/C12H14O4/c1-8-4-3-5-9(6-7-10(13)14)11(8)12(15)16-2/h3-5H,6-7H2,1-2H3,(H,13,14). The van der Waals surface area contributed by atoms with E-state index in [9.17, 15) is 9.59 Å². The summed E-state index contributed by atoms with van der Waals surface area (Å²) in [5.41, 5.74) is 2.00. The SMILES string of the molecule is COC(=O)c1c(C)cccc1CCC(=O)O. The maximum Gasteiger partial charge on any atom is 0.338 e. The van der Waals surface area contributed by atoms with E-state index in [1.54, 1.807) is 25.1 Å². The minimum absolute atomic E-state index is 0.00739. The molecule has 16 heavy (non-hydrogen) atoms. The first-order chi connectivity index (χ1) is 7.56. The number of carbonyl (C=O) groups excluding carboxylic acids is 1. The van der Waals surface area contributed by atoms with Crippen LogP contribution in [0.4, 0.5) is 0 Å². The number of rotatable bonds is 4. The lowest BCUT2D eigenvalue weighted by Gasteiger charge is -2.09. The Morgan fingerprint density at radius 2 is 2.06 bits per heavy atom. The molecule has 1 N–H and O–H groups in total. The van der Waals surface area contributed by atoms with Crippen molar-refractivity contribution in [2.24, 2.45) is 0 Å². The van der Waals surface area contributed by atoms with Crippen molar-refractivity contribution < 1.29 is 19.4 Å². The van der Waals surface area contributed by atoms with Crippen LogP contribution in [0.1, 0.15) is 27.9 Å². The Morgan fingerprint density at radius 1 is 1.38 bits per heavy atom.